The zero-order chi connectivity index (χ0) is 21.1. The van der Waals surface area contributed by atoms with E-state index in [9.17, 15) is 4.79 Å². The maximum Gasteiger partial charge on any atom is 0.280 e. The normalized spacial score (nSPS) is 14.9. The summed E-state index contributed by atoms with van der Waals surface area (Å²) in [4.78, 5) is 13.2. The molecule has 0 radical (unpaired) electrons. The summed E-state index contributed by atoms with van der Waals surface area (Å²) in [6.45, 7) is 2.11. The largest absolute Gasteiger partial charge is 0.486 e. The van der Waals surface area contributed by atoms with Crippen molar-refractivity contribution in [1.29, 1.82) is 0 Å². The van der Waals surface area contributed by atoms with Gasteiger partial charge in [-0.25, -0.2) is 0 Å². The van der Waals surface area contributed by atoms with Crippen LogP contribution < -0.4 is 9.75 Å². The molecule has 1 aliphatic heterocycles. The predicted octanol–water partition coefficient (Wildman–Crippen LogP) is 6.17. The molecule has 0 N–H and O–H groups in total. The van der Waals surface area contributed by atoms with Crippen LogP contribution in [0, 0.1) is 6.92 Å². The summed E-state index contributed by atoms with van der Waals surface area (Å²) in [5.41, 5.74) is 3.76. The number of ether oxygens (including phenoxy) is 1. The fourth-order valence-corrected chi connectivity index (χ4v) is 3.48. The van der Waals surface area contributed by atoms with Crippen molar-refractivity contribution in [3.05, 3.63) is 99.5 Å². The summed E-state index contributed by atoms with van der Waals surface area (Å²) in [6.07, 6.45) is 1.83. The van der Waals surface area contributed by atoms with Gasteiger partial charge in [-0.05, 0) is 48.9 Å². The zero-order valence-corrected chi connectivity index (χ0v) is 17.7. The van der Waals surface area contributed by atoms with E-state index < -0.39 is 0 Å². The van der Waals surface area contributed by atoms with Gasteiger partial charge in [-0.3, -0.25) is 4.79 Å². The SMILES string of the molecule is Cc1ccc(C=C2C(=O)N(c3ccccc3)N=C2COc2ccc(Cl)cc2Cl)cc1. The van der Waals surface area contributed by atoms with Crippen molar-refractivity contribution in [2.75, 3.05) is 11.6 Å². The van der Waals surface area contributed by atoms with Gasteiger partial charge in [-0.2, -0.15) is 10.1 Å². The number of amides is 1. The van der Waals surface area contributed by atoms with Crippen LogP contribution >= 0.6 is 23.2 Å². The minimum Gasteiger partial charge on any atom is -0.486 e. The van der Waals surface area contributed by atoms with E-state index in [4.69, 9.17) is 27.9 Å². The molecular weight excluding hydrogens is 419 g/mol. The van der Waals surface area contributed by atoms with E-state index in [1.807, 2.05) is 67.6 Å². The average molecular weight is 437 g/mol. The first-order valence-corrected chi connectivity index (χ1v) is 10.1. The summed E-state index contributed by atoms with van der Waals surface area (Å²) >= 11 is 12.2. The molecule has 6 heteroatoms. The first-order chi connectivity index (χ1) is 14.5. The second kappa shape index (κ2) is 8.74. The van der Waals surface area contributed by atoms with Gasteiger partial charge in [-0.15, -0.1) is 0 Å². The number of anilines is 1. The zero-order valence-electron chi connectivity index (χ0n) is 16.2. The number of rotatable bonds is 5. The summed E-state index contributed by atoms with van der Waals surface area (Å²) in [5.74, 6) is 0.270. The molecule has 1 aliphatic rings. The van der Waals surface area contributed by atoms with Gasteiger partial charge in [0.15, 0.2) is 0 Å². The van der Waals surface area contributed by atoms with Crippen molar-refractivity contribution in [2.24, 2.45) is 5.10 Å². The molecule has 4 rings (SSSR count). The van der Waals surface area contributed by atoms with Crippen molar-refractivity contribution < 1.29 is 9.53 Å². The highest BCUT2D eigenvalue weighted by Gasteiger charge is 2.31. The minimum atomic E-state index is -0.206. The Morgan fingerprint density at radius 1 is 1.00 bits per heavy atom. The third-order valence-corrected chi connectivity index (χ3v) is 5.13. The van der Waals surface area contributed by atoms with Crippen LogP contribution in [0.25, 0.3) is 6.08 Å². The molecule has 0 aromatic heterocycles. The molecule has 150 valence electrons. The van der Waals surface area contributed by atoms with E-state index in [2.05, 4.69) is 5.10 Å². The second-order valence-electron chi connectivity index (χ2n) is 6.83. The number of para-hydroxylation sites is 1. The number of hydrogen-bond donors (Lipinski definition) is 0. The molecule has 0 unspecified atom stereocenters. The third kappa shape index (κ3) is 4.40. The fourth-order valence-electron chi connectivity index (χ4n) is 3.02. The van der Waals surface area contributed by atoms with Gasteiger partial charge >= 0.3 is 0 Å². The van der Waals surface area contributed by atoms with Crippen LogP contribution in [0.4, 0.5) is 5.69 Å². The lowest BCUT2D eigenvalue weighted by atomic mass is 10.1. The molecule has 0 saturated carbocycles. The number of benzene rings is 3. The van der Waals surface area contributed by atoms with Crippen LogP contribution in [0.5, 0.6) is 5.75 Å². The molecule has 0 fully saturated rings. The lowest BCUT2D eigenvalue weighted by Gasteiger charge is -2.10. The first-order valence-electron chi connectivity index (χ1n) is 9.35. The van der Waals surface area contributed by atoms with Gasteiger partial charge in [0.1, 0.15) is 18.1 Å². The topological polar surface area (TPSA) is 41.9 Å². The summed E-state index contributed by atoms with van der Waals surface area (Å²) in [5, 5.41) is 6.85. The molecule has 3 aromatic rings. The quantitative estimate of drug-likeness (QED) is 0.448. The summed E-state index contributed by atoms with van der Waals surface area (Å²) in [6, 6.07) is 22.2. The third-order valence-electron chi connectivity index (χ3n) is 4.60. The van der Waals surface area contributed by atoms with E-state index in [-0.39, 0.29) is 12.5 Å². The number of nitrogens with zero attached hydrogens (tertiary/aromatic N) is 2. The van der Waals surface area contributed by atoms with Crippen LogP contribution in [0.2, 0.25) is 10.0 Å². The number of halogens is 2. The van der Waals surface area contributed by atoms with Gasteiger partial charge in [0.25, 0.3) is 5.91 Å². The van der Waals surface area contributed by atoms with Crippen molar-refractivity contribution in [1.82, 2.24) is 0 Å². The predicted molar refractivity (Wildman–Crippen MR) is 122 cm³/mol. The van der Waals surface area contributed by atoms with E-state index in [0.717, 1.165) is 11.1 Å². The van der Waals surface area contributed by atoms with E-state index in [0.29, 0.717) is 32.8 Å². The molecule has 0 bridgehead atoms. The Bertz CT molecular complexity index is 1140. The second-order valence-corrected chi connectivity index (χ2v) is 7.67. The maximum absolute atomic E-state index is 13.2. The number of hydrazone groups is 1. The monoisotopic (exact) mass is 436 g/mol. The molecule has 1 heterocycles. The molecule has 0 saturated heterocycles. The molecule has 4 nitrogen and oxygen atoms in total. The summed E-state index contributed by atoms with van der Waals surface area (Å²) in [7, 11) is 0. The van der Waals surface area contributed by atoms with E-state index >= 15 is 0 Å². The number of aryl methyl sites for hydroxylation is 1. The summed E-state index contributed by atoms with van der Waals surface area (Å²) < 4.78 is 5.85. The Labute approximate surface area is 185 Å². The first kappa shape index (κ1) is 20.2. The highest BCUT2D eigenvalue weighted by atomic mass is 35.5. The Kier molecular flexibility index (Phi) is 5.88. The lowest BCUT2D eigenvalue weighted by Crippen LogP contribution is -2.21. The van der Waals surface area contributed by atoms with Crippen molar-refractivity contribution in [2.45, 2.75) is 6.92 Å². The van der Waals surface area contributed by atoms with Crippen LogP contribution in [-0.2, 0) is 4.79 Å². The van der Waals surface area contributed by atoms with Gasteiger partial charge in [0.2, 0.25) is 0 Å². The average Bonchev–Trinajstić information content (AvgIpc) is 3.05. The minimum absolute atomic E-state index is 0.0914. The number of carbonyl (C=O) groups is 1. The molecular formula is C24H18Cl2N2O2. The van der Waals surface area contributed by atoms with Crippen molar-refractivity contribution in [3.63, 3.8) is 0 Å². The standard InChI is InChI=1S/C24H18Cl2N2O2/c1-16-7-9-17(10-8-16)13-20-22(15-30-23-12-11-18(25)14-21(23)26)27-28(24(20)29)19-5-3-2-4-6-19/h2-14H,15H2,1H3. The van der Waals surface area contributed by atoms with Crippen LogP contribution in [0.15, 0.2) is 83.5 Å². The van der Waals surface area contributed by atoms with Crippen molar-refractivity contribution in [3.8, 4) is 5.75 Å². The Hall–Kier alpha value is -3.08. The lowest BCUT2D eigenvalue weighted by molar-refractivity contribution is -0.114. The van der Waals surface area contributed by atoms with Crippen molar-refractivity contribution >= 4 is 46.6 Å². The maximum atomic E-state index is 13.2. The molecule has 0 atom stereocenters. The molecule has 0 aliphatic carbocycles. The van der Waals surface area contributed by atoms with Gasteiger partial charge in [-0.1, -0.05) is 71.2 Å². The Morgan fingerprint density at radius 2 is 1.73 bits per heavy atom. The van der Waals surface area contributed by atoms with Gasteiger partial charge < -0.3 is 4.74 Å². The highest BCUT2D eigenvalue weighted by Crippen LogP contribution is 2.29. The Balaban J connectivity index is 1.66. The Morgan fingerprint density at radius 3 is 2.43 bits per heavy atom. The highest BCUT2D eigenvalue weighted by molar-refractivity contribution is 6.35. The smallest absolute Gasteiger partial charge is 0.280 e. The van der Waals surface area contributed by atoms with Crippen LogP contribution in [0.1, 0.15) is 11.1 Å². The number of hydrogen-bond acceptors (Lipinski definition) is 3. The van der Waals surface area contributed by atoms with Gasteiger partial charge in [0.05, 0.1) is 16.3 Å². The van der Waals surface area contributed by atoms with E-state index in [1.54, 1.807) is 18.2 Å². The van der Waals surface area contributed by atoms with E-state index in [1.165, 1.54) is 5.01 Å². The molecule has 3 aromatic carbocycles. The van der Waals surface area contributed by atoms with Gasteiger partial charge in [0, 0.05) is 5.02 Å². The number of carbonyl (C=O) groups excluding carboxylic acids is 1. The molecule has 0 spiro atoms. The molecule has 30 heavy (non-hydrogen) atoms. The molecule has 1 amide bonds. The van der Waals surface area contributed by atoms with Crippen LogP contribution in [0.3, 0.4) is 0 Å². The van der Waals surface area contributed by atoms with Crippen LogP contribution in [-0.4, -0.2) is 18.2 Å². The fraction of sp³-hybridized carbons (Fsp3) is 0.0833.